The van der Waals surface area contributed by atoms with E-state index in [2.05, 4.69) is 33.2 Å². The van der Waals surface area contributed by atoms with Crippen LogP contribution in [0.25, 0.3) is 0 Å². The lowest BCUT2D eigenvalue weighted by Crippen LogP contribution is -2.41. The number of hydrogen-bond donors (Lipinski definition) is 3. The first-order chi connectivity index (χ1) is 8.28. The summed E-state index contributed by atoms with van der Waals surface area (Å²) in [4.78, 5) is 11.6. The van der Waals surface area contributed by atoms with Crippen molar-refractivity contribution in [1.29, 1.82) is 0 Å². The Bertz CT molecular complexity index is 427. The first kappa shape index (κ1) is 15.1. The second kappa shape index (κ2) is 6.26. The van der Waals surface area contributed by atoms with Crippen LogP contribution < -0.4 is 16.4 Å². The summed E-state index contributed by atoms with van der Waals surface area (Å²) in [5, 5.41) is 6.09. The fourth-order valence-corrected chi connectivity index (χ4v) is 2.00. The van der Waals surface area contributed by atoms with E-state index < -0.39 is 0 Å². The minimum atomic E-state index is -0.182. The number of amides is 1. The minimum absolute atomic E-state index is 0.0408. The molecule has 5 heteroatoms. The van der Waals surface area contributed by atoms with Gasteiger partial charge in [0.15, 0.2) is 0 Å². The molecule has 0 spiro atoms. The molecule has 1 aromatic carbocycles. The quantitative estimate of drug-likeness (QED) is 0.571. The fraction of sp³-hybridized carbons (Fsp3) is 0.462. The van der Waals surface area contributed by atoms with Crippen molar-refractivity contribution in [2.24, 2.45) is 0 Å². The Morgan fingerprint density at radius 1 is 1.39 bits per heavy atom. The minimum Gasteiger partial charge on any atom is -0.397 e. The maximum absolute atomic E-state index is 11.6. The summed E-state index contributed by atoms with van der Waals surface area (Å²) in [5.41, 5.74) is 7.27. The first-order valence-corrected chi connectivity index (χ1v) is 6.96. The first-order valence-electron chi connectivity index (χ1n) is 5.88. The molecule has 0 bridgehead atoms. The predicted molar refractivity (Wildman–Crippen MR) is 84.6 cm³/mol. The Labute approximate surface area is 122 Å². The van der Waals surface area contributed by atoms with Crippen molar-refractivity contribution in [2.75, 3.05) is 17.6 Å². The summed E-state index contributed by atoms with van der Waals surface area (Å²) < 4.78 is 1.10. The van der Waals surface area contributed by atoms with Gasteiger partial charge in [-0.2, -0.15) is 0 Å². The van der Waals surface area contributed by atoms with E-state index in [-0.39, 0.29) is 11.4 Å². The number of nitrogens with two attached hydrogens (primary N) is 1. The average molecular weight is 361 g/mol. The molecule has 4 N–H and O–H groups in total. The van der Waals surface area contributed by atoms with Gasteiger partial charge in [0.1, 0.15) is 0 Å². The lowest BCUT2D eigenvalue weighted by atomic mass is 10.1. The van der Waals surface area contributed by atoms with Gasteiger partial charge >= 0.3 is 0 Å². The predicted octanol–water partition coefficient (Wildman–Crippen LogP) is 2.59. The van der Waals surface area contributed by atoms with Gasteiger partial charge in [0, 0.05) is 22.1 Å². The van der Waals surface area contributed by atoms with Gasteiger partial charge in [0.05, 0.1) is 11.4 Å². The highest BCUT2D eigenvalue weighted by Gasteiger charge is 2.13. The molecular formula is C13H20IN3O. The Morgan fingerprint density at radius 3 is 2.61 bits per heavy atom. The molecule has 0 aliphatic heterocycles. The topological polar surface area (TPSA) is 67.2 Å². The van der Waals surface area contributed by atoms with Gasteiger partial charge in [-0.1, -0.05) is 0 Å². The number of carbonyl (C=O) groups is 1. The molecule has 100 valence electrons. The highest BCUT2D eigenvalue weighted by atomic mass is 127. The number of benzene rings is 1. The summed E-state index contributed by atoms with van der Waals surface area (Å²) >= 11 is 2.21. The molecule has 1 rings (SSSR count). The highest BCUT2D eigenvalue weighted by Crippen LogP contribution is 2.20. The molecule has 0 radical (unpaired) electrons. The number of anilines is 2. The van der Waals surface area contributed by atoms with Crippen LogP contribution in [0.3, 0.4) is 0 Å². The zero-order valence-corrected chi connectivity index (χ0v) is 13.2. The Balaban J connectivity index is 2.40. The lowest BCUT2D eigenvalue weighted by molar-refractivity contribution is -0.122. The molecule has 0 unspecified atom stereocenters. The van der Waals surface area contributed by atoms with Crippen LogP contribution in [-0.4, -0.2) is 18.0 Å². The van der Waals surface area contributed by atoms with Gasteiger partial charge in [-0.25, -0.2) is 0 Å². The van der Waals surface area contributed by atoms with E-state index in [1.165, 1.54) is 0 Å². The summed E-state index contributed by atoms with van der Waals surface area (Å²) in [7, 11) is 0. The van der Waals surface area contributed by atoms with Crippen LogP contribution in [0.5, 0.6) is 0 Å². The van der Waals surface area contributed by atoms with Gasteiger partial charge in [0.25, 0.3) is 0 Å². The molecule has 0 aliphatic rings. The Hall–Kier alpha value is -0.980. The third kappa shape index (κ3) is 5.57. The molecule has 4 nitrogen and oxygen atoms in total. The van der Waals surface area contributed by atoms with Gasteiger partial charge in [-0.15, -0.1) is 0 Å². The van der Waals surface area contributed by atoms with Crippen molar-refractivity contribution in [3.8, 4) is 0 Å². The fourth-order valence-electron chi connectivity index (χ4n) is 1.49. The van der Waals surface area contributed by atoms with E-state index in [1.807, 2.05) is 39.0 Å². The molecular weight excluding hydrogens is 341 g/mol. The van der Waals surface area contributed by atoms with Crippen LogP contribution in [0.4, 0.5) is 11.4 Å². The van der Waals surface area contributed by atoms with Crippen molar-refractivity contribution in [2.45, 2.75) is 32.7 Å². The molecule has 0 aromatic heterocycles. The average Bonchev–Trinajstić information content (AvgIpc) is 2.18. The van der Waals surface area contributed by atoms with E-state index in [0.29, 0.717) is 18.7 Å². The highest BCUT2D eigenvalue weighted by molar-refractivity contribution is 14.1. The molecule has 18 heavy (non-hydrogen) atoms. The van der Waals surface area contributed by atoms with Crippen LogP contribution in [-0.2, 0) is 4.79 Å². The van der Waals surface area contributed by atoms with Gasteiger partial charge in [-0.05, 0) is 61.6 Å². The standard InChI is InChI=1S/C13H20IN3O/c1-13(2,3)17-12(18)6-7-16-11-5-4-9(14)8-10(11)15/h4-5,8,16H,6-7,15H2,1-3H3,(H,17,18). The van der Waals surface area contributed by atoms with Crippen molar-refractivity contribution < 1.29 is 4.79 Å². The zero-order valence-electron chi connectivity index (χ0n) is 11.0. The smallest absolute Gasteiger partial charge is 0.222 e. The summed E-state index contributed by atoms with van der Waals surface area (Å²) in [5.74, 6) is 0.0408. The largest absolute Gasteiger partial charge is 0.397 e. The van der Waals surface area contributed by atoms with Crippen LogP contribution in [0.2, 0.25) is 0 Å². The molecule has 1 amide bonds. The Kier molecular flexibility index (Phi) is 5.25. The monoisotopic (exact) mass is 361 g/mol. The maximum Gasteiger partial charge on any atom is 0.222 e. The Morgan fingerprint density at radius 2 is 2.06 bits per heavy atom. The van der Waals surface area contributed by atoms with Gasteiger partial charge in [0.2, 0.25) is 5.91 Å². The van der Waals surface area contributed by atoms with Crippen molar-refractivity contribution >= 4 is 39.9 Å². The van der Waals surface area contributed by atoms with E-state index in [1.54, 1.807) is 0 Å². The number of nitrogen functional groups attached to an aromatic ring is 1. The molecule has 0 saturated heterocycles. The van der Waals surface area contributed by atoms with E-state index in [4.69, 9.17) is 5.73 Å². The molecule has 0 atom stereocenters. The van der Waals surface area contributed by atoms with Crippen LogP contribution in [0.1, 0.15) is 27.2 Å². The van der Waals surface area contributed by atoms with E-state index in [0.717, 1.165) is 9.26 Å². The number of rotatable bonds is 4. The van der Waals surface area contributed by atoms with Crippen molar-refractivity contribution in [3.05, 3.63) is 21.8 Å². The second-order valence-corrected chi connectivity index (χ2v) is 6.45. The number of nitrogens with one attached hydrogen (secondary N) is 2. The van der Waals surface area contributed by atoms with Crippen molar-refractivity contribution in [3.63, 3.8) is 0 Å². The summed E-state index contributed by atoms with van der Waals surface area (Å²) in [6, 6.07) is 5.81. The van der Waals surface area contributed by atoms with E-state index in [9.17, 15) is 4.79 Å². The summed E-state index contributed by atoms with van der Waals surface area (Å²) in [6.45, 7) is 6.48. The number of hydrogen-bond acceptors (Lipinski definition) is 3. The normalized spacial score (nSPS) is 11.1. The number of carbonyl (C=O) groups excluding carboxylic acids is 1. The molecule has 0 heterocycles. The van der Waals surface area contributed by atoms with E-state index >= 15 is 0 Å². The van der Waals surface area contributed by atoms with Crippen LogP contribution in [0, 0.1) is 3.57 Å². The molecule has 0 saturated carbocycles. The van der Waals surface area contributed by atoms with Gasteiger partial charge in [-0.3, -0.25) is 4.79 Å². The third-order valence-electron chi connectivity index (χ3n) is 2.20. The molecule has 0 aliphatic carbocycles. The summed E-state index contributed by atoms with van der Waals surface area (Å²) in [6.07, 6.45) is 0.433. The lowest BCUT2D eigenvalue weighted by Gasteiger charge is -2.20. The third-order valence-corrected chi connectivity index (χ3v) is 2.87. The van der Waals surface area contributed by atoms with Crippen LogP contribution >= 0.6 is 22.6 Å². The maximum atomic E-state index is 11.6. The molecule has 0 fully saturated rings. The zero-order chi connectivity index (χ0) is 13.8. The van der Waals surface area contributed by atoms with Crippen molar-refractivity contribution in [1.82, 2.24) is 5.32 Å². The SMILES string of the molecule is CC(C)(C)NC(=O)CCNc1ccc(I)cc1N. The number of halogens is 1. The molecule has 1 aromatic rings. The second-order valence-electron chi connectivity index (χ2n) is 5.21. The van der Waals surface area contributed by atoms with Gasteiger partial charge < -0.3 is 16.4 Å². The van der Waals surface area contributed by atoms with Crippen LogP contribution in [0.15, 0.2) is 18.2 Å².